The van der Waals surface area contributed by atoms with Crippen LogP contribution in [0.4, 0.5) is 4.79 Å². The number of ether oxygens (including phenoxy) is 3. The Morgan fingerprint density at radius 1 is 0.745 bits per heavy atom. The summed E-state index contributed by atoms with van der Waals surface area (Å²) in [6, 6.07) is 22.7. The van der Waals surface area contributed by atoms with Crippen LogP contribution in [0.2, 0.25) is 0 Å². The first-order valence-corrected chi connectivity index (χ1v) is 17.7. The van der Waals surface area contributed by atoms with Crippen molar-refractivity contribution in [1.82, 2.24) is 20.6 Å². The summed E-state index contributed by atoms with van der Waals surface area (Å²) in [5.41, 5.74) is 3.54. The molecule has 3 aromatic carbocycles. The molecule has 0 spiro atoms. The number of esters is 1. The average molecular weight is 695 g/mol. The summed E-state index contributed by atoms with van der Waals surface area (Å²) in [5.74, 6) is 0.279. The summed E-state index contributed by atoms with van der Waals surface area (Å²) in [6.45, 7) is 9.77. The predicted molar refractivity (Wildman–Crippen MR) is 198 cm³/mol. The van der Waals surface area contributed by atoms with E-state index in [1.54, 1.807) is 33.2 Å². The minimum atomic E-state index is -1.03. The standard InChI is InChI=1S/C41H50N4O6/c1-6-7-8-9-13-24-49-35-22-20-32(21-23-35)34-26-42-37(43-27-34)33-18-16-30(17-19-33)25-36(38(46)44-29(2)39(47)51-41(3,4)5)45-40(48)50-28-31-14-11-10-12-15-31/h10-12,14-23,26-27,29,36H,6-9,13,24-25,28H2,1-5H3,(H,44,46)(H,45,48). The van der Waals surface area contributed by atoms with E-state index in [2.05, 4.69) is 27.5 Å². The zero-order chi connectivity index (χ0) is 36.6. The number of carbonyl (C=O) groups is 3. The van der Waals surface area contributed by atoms with Gasteiger partial charge in [0.25, 0.3) is 0 Å². The molecular weight excluding hydrogens is 644 g/mol. The Labute approximate surface area is 301 Å². The zero-order valence-electron chi connectivity index (χ0n) is 30.3. The lowest BCUT2D eigenvalue weighted by atomic mass is 10.0. The Kier molecular flexibility index (Phi) is 14.5. The van der Waals surface area contributed by atoms with Gasteiger partial charge in [0.05, 0.1) is 6.61 Å². The summed E-state index contributed by atoms with van der Waals surface area (Å²) in [5, 5.41) is 5.33. The Morgan fingerprint density at radius 2 is 1.39 bits per heavy atom. The van der Waals surface area contributed by atoms with E-state index in [0.717, 1.165) is 46.6 Å². The molecule has 1 heterocycles. The van der Waals surface area contributed by atoms with Crippen LogP contribution in [-0.2, 0) is 32.1 Å². The maximum atomic E-state index is 13.4. The average Bonchev–Trinajstić information content (AvgIpc) is 3.12. The number of nitrogens with zero attached hydrogens (tertiary/aromatic N) is 2. The molecule has 0 aliphatic rings. The van der Waals surface area contributed by atoms with Crippen LogP contribution in [-0.4, -0.2) is 52.2 Å². The van der Waals surface area contributed by atoms with E-state index in [9.17, 15) is 14.4 Å². The highest BCUT2D eigenvalue weighted by Crippen LogP contribution is 2.24. The molecule has 0 radical (unpaired) electrons. The van der Waals surface area contributed by atoms with E-state index in [4.69, 9.17) is 14.2 Å². The SMILES string of the molecule is CCCCCCCOc1ccc(-c2cnc(-c3ccc(CC(NC(=O)OCc4ccccc4)C(=O)NC(C)C(=O)OC(C)(C)C)cc3)nc2)cc1. The molecule has 2 atom stereocenters. The van der Waals surface area contributed by atoms with Gasteiger partial charge in [-0.05, 0) is 62.9 Å². The highest BCUT2D eigenvalue weighted by atomic mass is 16.6. The summed E-state index contributed by atoms with van der Waals surface area (Å²) in [6.07, 6.45) is 8.97. The quantitative estimate of drug-likeness (QED) is 0.0845. The summed E-state index contributed by atoms with van der Waals surface area (Å²) in [4.78, 5) is 47.9. The van der Waals surface area contributed by atoms with E-state index in [1.807, 2.05) is 78.9 Å². The van der Waals surface area contributed by atoms with Gasteiger partial charge in [0.2, 0.25) is 5.91 Å². The monoisotopic (exact) mass is 694 g/mol. The molecule has 2 N–H and O–H groups in total. The third-order valence-corrected chi connectivity index (χ3v) is 7.95. The molecule has 270 valence electrons. The smallest absolute Gasteiger partial charge is 0.408 e. The van der Waals surface area contributed by atoms with Gasteiger partial charge in [0, 0.05) is 29.9 Å². The van der Waals surface area contributed by atoms with Crippen molar-refractivity contribution in [2.45, 2.75) is 97.4 Å². The van der Waals surface area contributed by atoms with E-state index < -0.39 is 35.7 Å². The molecular formula is C41H50N4O6. The number of nitrogens with one attached hydrogen (secondary N) is 2. The second kappa shape index (κ2) is 19.2. The van der Waals surface area contributed by atoms with Crippen LogP contribution in [0.3, 0.4) is 0 Å². The van der Waals surface area contributed by atoms with Crippen molar-refractivity contribution in [2.24, 2.45) is 0 Å². The Bertz CT molecular complexity index is 1670. The lowest BCUT2D eigenvalue weighted by molar-refractivity contribution is -0.158. The minimum Gasteiger partial charge on any atom is -0.494 e. The van der Waals surface area contributed by atoms with E-state index in [1.165, 1.54) is 32.6 Å². The molecule has 2 unspecified atom stereocenters. The van der Waals surface area contributed by atoms with Gasteiger partial charge in [0.15, 0.2) is 5.82 Å². The van der Waals surface area contributed by atoms with Gasteiger partial charge in [-0.15, -0.1) is 0 Å². The molecule has 10 heteroatoms. The lowest BCUT2D eigenvalue weighted by Gasteiger charge is -2.24. The predicted octanol–water partition coefficient (Wildman–Crippen LogP) is 7.84. The number of benzene rings is 3. The highest BCUT2D eigenvalue weighted by molar-refractivity contribution is 5.89. The molecule has 2 amide bonds. The lowest BCUT2D eigenvalue weighted by Crippen LogP contribution is -2.52. The second-order valence-electron chi connectivity index (χ2n) is 13.5. The van der Waals surface area contributed by atoms with Crippen LogP contribution in [0.5, 0.6) is 5.75 Å². The Morgan fingerprint density at radius 3 is 2.04 bits per heavy atom. The molecule has 4 aromatic rings. The highest BCUT2D eigenvalue weighted by Gasteiger charge is 2.28. The maximum Gasteiger partial charge on any atom is 0.408 e. The number of unbranched alkanes of at least 4 members (excludes halogenated alkanes) is 4. The van der Waals surface area contributed by atoms with Gasteiger partial charge in [0.1, 0.15) is 30.0 Å². The fraction of sp³-hybridized carbons (Fsp3) is 0.390. The first-order chi connectivity index (χ1) is 24.5. The van der Waals surface area contributed by atoms with Crippen LogP contribution >= 0.6 is 0 Å². The number of carbonyl (C=O) groups excluding carboxylic acids is 3. The second-order valence-corrected chi connectivity index (χ2v) is 13.5. The van der Waals surface area contributed by atoms with Gasteiger partial charge < -0.3 is 24.8 Å². The third kappa shape index (κ3) is 13.2. The van der Waals surface area contributed by atoms with Crippen molar-refractivity contribution < 1.29 is 28.6 Å². The van der Waals surface area contributed by atoms with Crippen LogP contribution in [0.1, 0.15) is 77.8 Å². The molecule has 51 heavy (non-hydrogen) atoms. The number of hydrogen-bond donors (Lipinski definition) is 2. The summed E-state index contributed by atoms with van der Waals surface area (Å²) < 4.78 is 16.7. The Hall–Kier alpha value is -5.25. The van der Waals surface area contributed by atoms with Crippen molar-refractivity contribution in [2.75, 3.05) is 6.61 Å². The molecule has 1 aromatic heterocycles. The molecule has 4 rings (SSSR count). The summed E-state index contributed by atoms with van der Waals surface area (Å²) >= 11 is 0. The molecule has 0 saturated carbocycles. The summed E-state index contributed by atoms with van der Waals surface area (Å²) in [7, 11) is 0. The first-order valence-electron chi connectivity index (χ1n) is 17.7. The van der Waals surface area contributed by atoms with Crippen molar-refractivity contribution in [1.29, 1.82) is 0 Å². The molecule has 0 aliphatic carbocycles. The molecule has 0 fully saturated rings. The van der Waals surface area contributed by atoms with Crippen LogP contribution in [0.15, 0.2) is 91.3 Å². The van der Waals surface area contributed by atoms with Gasteiger partial charge in [-0.1, -0.05) is 99.3 Å². The molecule has 0 aliphatic heterocycles. The van der Waals surface area contributed by atoms with E-state index in [0.29, 0.717) is 5.82 Å². The normalized spacial score (nSPS) is 12.3. The third-order valence-electron chi connectivity index (χ3n) is 7.95. The van der Waals surface area contributed by atoms with Crippen molar-refractivity contribution in [3.05, 3.63) is 102 Å². The first kappa shape index (κ1) is 38.6. The number of aromatic nitrogens is 2. The number of rotatable bonds is 17. The largest absolute Gasteiger partial charge is 0.494 e. The fourth-order valence-electron chi connectivity index (χ4n) is 5.17. The van der Waals surface area contributed by atoms with Crippen molar-refractivity contribution >= 4 is 18.0 Å². The van der Waals surface area contributed by atoms with Gasteiger partial charge in [-0.25, -0.2) is 19.6 Å². The minimum absolute atomic E-state index is 0.0434. The van der Waals surface area contributed by atoms with Crippen LogP contribution in [0.25, 0.3) is 22.5 Å². The number of hydrogen-bond acceptors (Lipinski definition) is 8. The molecule has 0 bridgehead atoms. The van der Waals surface area contributed by atoms with E-state index >= 15 is 0 Å². The van der Waals surface area contributed by atoms with Gasteiger partial charge >= 0.3 is 12.1 Å². The topological polar surface area (TPSA) is 129 Å². The molecule has 0 saturated heterocycles. The van der Waals surface area contributed by atoms with Crippen molar-refractivity contribution in [3.8, 4) is 28.3 Å². The fourth-order valence-corrected chi connectivity index (χ4v) is 5.17. The zero-order valence-corrected chi connectivity index (χ0v) is 30.3. The number of alkyl carbamates (subject to hydrolysis) is 1. The number of amides is 2. The van der Waals surface area contributed by atoms with Crippen LogP contribution in [0, 0.1) is 0 Å². The van der Waals surface area contributed by atoms with Gasteiger partial charge in [-0.2, -0.15) is 0 Å². The Balaban J connectivity index is 1.38. The van der Waals surface area contributed by atoms with E-state index in [-0.39, 0.29) is 13.0 Å². The van der Waals surface area contributed by atoms with Gasteiger partial charge in [-0.3, -0.25) is 4.79 Å². The maximum absolute atomic E-state index is 13.4. The van der Waals surface area contributed by atoms with Crippen LogP contribution < -0.4 is 15.4 Å². The van der Waals surface area contributed by atoms with Crippen molar-refractivity contribution in [3.63, 3.8) is 0 Å². The molecule has 10 nitrogen and oxygen atoms in total.